The highest BCUT2D eigenvalue weighted by atomic mass is 127. The van der Waals surface area contributed by atoms with Crippen LogP contribution in [0.5, 0.6) is 0 Å². The molecule has 7 nitrogen and oxygen atoms in total. The molecule has 2 saturated carbocycles. The predicted octanol–water partition coefficient (Wildman–Crippen LogP) is 2.57. The first-order valence-electron chi connectivity index (χ1n) is 8.56. The van der Waals surface area contributed by atoms with Gasteiger partial charge in [0.25, 0.3) is 0 Å². The molecule has 4 unspecified atom stereocenters. The molecule has 2 fully saturated rings. The van der Waals surface area contributed by atoms with Gasteiger partial charge in [-0.15, -0.1) is 0 Å². The van der Waals surface area contributed by atoms with Crippen molar-refractivity contribution in [3.8, 4) is 0 Å². The monoisotopic (exact) mass is 528 g/mol. The highest BCUT2D eigenvalue weighted by molar-refractivity contribution is 14.1. The minimum absolute atomic E-state index is 0.0739. The van der Waals surface area contributed by atoms with Gasteiger partial charge in [0.2, 0.25) is 5.91 Å². The summed E-state index contributed by atoms with van der Waals surface area (Å²) in [6.07, 6.45) is 2.00. The summed E-state index contributed by atoms with van der Waals surface area (Å²) < 4.78 is 63.7. The molecular formula is C17H17F2INO6S-. The minimum atomic E-state index is -5.95. The van der Waals surface area contributed by atoms with E-state index in [4.69, 9.17) is 0 Å². The number of hydrogen-bond donors (Lipinski definition) is 1. The summed E-state index contributed by atoms with van der Waals surface area (Å²) in [7, 11) is -5.95. The second kappa shape index (κ2) is 7.82. The number of carbonyl (C=O) groups is 2. The Morgan fingerprint density at radius 1 is 1.18 bits per heavy atom. The van der Waals surface area contributed by atoms with Gasteiger partial charge in [-0.05, 0) is 78.0 Å². The first kappa shape index (κ1) is 21.4. The first-order chi connectivity index (χ1) is 13.0. The van der Waals surface area contributed by atoms with Gasteiger partial charge in [-0.2, -0.15) is 8.78 Å². The molecule has 1 N–H and O–H groups in total. The van der Waals surface area contributed by atoms with Gasteiger partial charge in [0.15, 0.2) is 16.7 Å². The van der Waals surface area contributed by atoms with Crippen LogP contribution in [0.4, 0.5) is 14.5 Å². The van der Waals surface area contributed by atoms with Gasteiger partial charge in [-0.25, -0.2) is 8.42 Å². The molecule has 11 heteroatoms. The van der Waals surface area contributed by atoms with Gasteiger partial charge in [-0.1, -0.05) is 0 Å². The molecule has 0 saturated heterocycles. The van der Waals surface area contributed by atoms with Crippen LogP contribution in [0.3, 0.4) is 0 Å². The summed E-state index contributed by atoms with van der Waals surface area (Å²) >= 11 is 2.12. The number of hydrogen-bond acceptors (Lipinski definition) is 6. The average molecular weight is 528 g/mol. The van der Waals surface area contributed by atoms with Crippen LogP contribution in [0.1, 0.15) is 19.3 Å². The Bertz CT molecular complexity index is 876. The van der Waals surface area contributed by atoms with Gasteiger partial charge in [0.1, 0.15) is 0 Å². The lowest BCUT2D eigenvalue weighted by atomic mass is 9.78. The Labute approximate surface area is 174 Å². The molecule has 1 aromatic rings. The van der Waals surface area contributed by atoms with Crippen molar-refractivity contribution in [2.24, 2.45) is 23.7 Å². The number of amides is 1. The quantitative estimate of drug-likeness (QED) is 0.345. The molecule has 0 spiro atoms. The normalized spacial score (nSPS) is 26.9. The van der Waals surface area contributed by atoms with E-state index in [1.54, 1.807) is 24.3 Å². The fourth-order valence-corrected chi connectivity index (χ4v) is 4.65. The second-order valence-corrected chi connectivity index (χ2v) is 9.83. The van der Waals surface area contributed by atoms with Gasteiger partial charge in [-0.3, -0.25) is 9.59 Å². The summed E-state index contributed by atoms with van der Waals surface area (Å²) in [6.45, 7) is -1.85. The maximum Gasteiger partial charge on any atom is 0.367 e. The van der Waals surface area contributed by atoms with Crippen LogP contribution < -0.4 is 5.32 Å². The fourth-order valence-electron chi connectivity index (χ4n) is 4.09. The Morgan fingerprint density at radius 3 is 2.32 bits per heavy atom. The number of carbonyl (C=O) groups excluding carboxylic acids is 2. The molecule has 154 valence electrons. The van der Waals surface area contributed by atoms with E-state index in [0.717, 1.165) is 9.99 Å². The van der Waals surface area contributed by atoms with Gasteiger partial charge >= 0.3 is 11.2 Å². The molecule has 28 heavy (non-hydrogen) atoms. The molecule has 0 radical (unpaired) electrons. The number of anilines is 1. The third-order valence-electron chi connectivity index (χ3n) is 5.35. The van der Waals surface area contributed by atoms with E-state index in [9.17, 15) is 31.3 Å². The number of nitrogens with one attached hydrogen (secondary N) is 1. The van der Waals surface area contributed by atoms with E-state index < -0.39 is 45.7 Å². The van der Waals surface area contributed by atoms with Crippen molar-refractivity contribution < 1.29 is 36.1 Å². The van der Waals surface area contributed by atoms with Crippen molar-refractivity contribution in [3.05, 3.63) is 27.8 Å². The van der Waals surface area contributed by atoms with Crippen molar-refractivity contribution >= 4 is 50.3 Å². The van der Waals surface area contributed by atoms with E-state index in [1.165, 1.54) is 0 Å². The predicted molar refractivity (Wildman–Crippen MR) is 101 cm³/mol. The number of halogens is 3. The largest absolute Gasteiger partial charge is 0.743 e. The third kappa shape index (κ3) is 4.30. The zero-order chi connectivity index (χ0) is 20.7. The molecule has 2 aliphatic carbocycles. The maximum absolute atomic E-state index is 13.3. The summed E-state index contributed by atoms with van der Waals surface area (Å²) in [5, 5.41) is -1.98. The molecule has 0 aromatic heterocycles. The van der Waals surface area contributed by atoms with Crippen LogP contribution >= 0.6 is 22.6 Å². The molecular weight excluding hydrogens is 511 g/mol. The third-order valence-corrected chi connectivity index (χ3v) is 6.92. The number of benzene rings is 1. The van der Waals surface area contributed by atoms with Crippen LogP contribution in [0.25, 0.3) is 0 Å². The minimum Gasteiger partial charge on any atom is -0.743 e. The first-order valence-corrected chi connectivity index (χ1v) is 11.0. The van der Waals surface area contributed by atoms with Crippen molar-refractivity contribution in [2.45, 2.75) is 24.5 Å². The maximum atomic E-state index is 13.3. The van der Waals surface area contributed by atoms with Gasteiger partial charge in [0.05, 0.1) is 11.8 Å². The van der Waals surface area contributed by atoms with Crippen LogP contribution in [0.15, 0.2) is 24.3 Å². The zero-order valence-electron chi connectivity index (χ0n) is 14.4. The Morgan fingerprint density at radius 2 is 1.75 bits per heavy atom. The Kier molecular flexibility index (Phi) is 5.97. The molecule has 1 aromatic carbocycles. The van der Waals surface area contributed by atoms with E-state index in [2.05, 4.69) is 32.6 Å². The average Bonchev–Trinajstić information content (AvgIpc) is 3.22. The number of fused-ring (bicyclic) bond motifs is 2. The van der Waals surface area contributed by atoms with E-state index in [1.807, 2.05) is 0 Å². The van der Waals surface area contributed by atoms with Crippen LogP contribution in [-0.2, 0) is 24.4 Å². The zero-order valence-corrected chi connectivity index (χ0v) is 17.4. The van der Waals surface area contributed by atoms with Crippen LogP contribution in [-0.4, -0.2) is 36.7 Å². The fraction of sp³-hybridized carbons (Fsp3) is 0.529. The molecule has 0 heterocycles. The number of alkyl halides is 2. The van der Waals surface area contributed by atoms with E-state index in [0.29, 0.717) is 18.5 Å². The summed E-state index contributed by atoms with van der Waals surface area (Å²) in [5.74, 6) is -3.43. The molecule has 4 atom stereocenters. The molecule has 0 aliphatic heterocycles. The topological polar surface area (TPSA) is 113 Å². The molecule has 2 bridgehead atoms. The standard InChI is InChI=1S/C17H18F2INO6S/c18-17(19,28(24,25)26)8-27-16(23)14-10-2-1-9(7-10)13(14)15(22)21-12-5-3-11(20)4-6-12/h3-6,9-10,13-14H,1-2,7-8H2,(H,21,22)(H,24,25,26)/p-1. The lowest BCUT2D eigenvalue weighted by Crippen LogP contribution is -2.41. The van der Waals surface area contributed by atoms with Crippen molar-refractivity contribution in [1.82, 2.24) is 0 Å². The van der Waals surface area contributed by atoms with Crippen molar-refractivity contribution in [1.29, 1.82) is 0 Å². The lowest BCUT2D eigenvalue weighted by molar-refractivity contribution is -0.160. The summed E-state index contributed by atoms with van der Waals surface area (Å²) in [6, 6.07) is 7.02. The highest BCUT2D eigenvalue weighted by Crippen LogP contribution is 2.53. The van der Waals surface area contributed by atoms with Crippen molar-refractivity contribution in [3.63, 3.8) is 0 Å². The van der Waals surface area contributed by atoms with Gasteiger partial charge in [0, 0.05) is 9.26 Å². The molecule has 1 amide bonds. The smallest absolute Gasteiger partial charge is 0.367 e. The number of ether oxygens (including phenoxy) is 1. The van der Waals surface area contributed by atoms with Crippen LogP contribution in [0, 0.1) is 27.2 Å². The Hall–Kier alpha value is -1.34. The Balaban J connectivity index is 1.71. The summed E-state index contributed by atoms with van der Waals surface area (Å²) in [4.78, 5) is 25.1. The van der Waals surface area contributed by atoms with E-state index >= 15 is 0 Å². The number of esters is 1. The van der Waals surface area contributed by atoms with Crippen molar-refractivity contribution in [2.75, 3.05) is 11.9 Å². The SMILES string of the molecule is O=C(Nc1ccc(I)cc1)C1C2CCC(C2)C1C(=O)OCC(F)(F)S(=O)(=O)[O-]. The second-order valence-electron chi connectivity index (χ2n) is 7.08. The van der Waals surface area contributed by atoms with E-state index in [-0.39, 0.29) is 11.8 Å². The highest BCUT2D eigenvalue weighted by Gasteiger charge is 2.55. The van der Waals surface area contributed by atoms with Gasteiger partial charge < -0.3 is 14.6 Å². The lowest BCUT2D eigenvalue weighted by Gasteiger charge is -2.29. The molecule has 3 rings (SSSR count). The molecule has 2 aliphatic rings. The summed E-state index contributed by atoms with van der Waals surface area (Å²) in [5.41, 5.74) is 0.546. The number of rotatable bonds is 6. The van der Waals surface area contributed by atoms with Crippen LogP contribution in [0.2, 0.25) is 0 Å².